The van der Waals surface area contributed by atoms with Crippen molar-refractivity contribution < 1.29 is 19.4 Å². The van der Waals surface area contributed by atoms with E-state index >= 15 is 0 Å². The third-order valence-electron chi connectivity index (χ3n) is 3.06. The summed E-state index contributed by atoms with van der Waals surface area (Å²) in [5, 5.41) is 9.36. The monoisotopic (exact) mass is 243 g/mol. The summed E-state index contributed by atoms with van der Waals surface area (Å²) in [7, 11) is 1.33. The van der Waals surface area contributed by atoms with E-state index < -0.39 is 6.10 Å². The van der Waals surface area contributed by atoms with Crippen molar-refractivity contribution in [1.29, 1.82) is 0 Å². The van der Waals surface area contributed by atoms with Crippen LogP contribution >= 0.6 is 0 Å². The number of esters is 1. The van der Waals surface area contributed by atoms with Crippen molar-refractivity contribution in [3.8, 4) is 0 Å². The van der Waals surface area contributed by atoms with Crippen LogP contribution in [0, 0.1) is 5.92 Å². The number of nitrogens with zero attached hydrogens (tertiary/aromatic N) is 1. The predicted octanol–water partition coefficient (Wildman–Crippen LogP) is 0.559. The largest absolute Gasteiger partial charge is 0.469 e. The molecule has 1 aliphatic carbocycles. The van der Waals surface area contributed by atoms with Crippen LogP contribution in [0.3, 0.4) is 0 Å². The molecule has 5 heteroatoms. The van der Waals surface area contributed by atoms with Crippen molar-refractivity contribution in [2.24, 2.45) is 5.92 Å². The highest BCUT2D eigenvalue weighted by Gasteiger charge is 2.30. The average molecular weight is 243 g/mol. The van der Waals surface area contributed by atoms with Gasteiger partial charge in [-0.15, -0.1) is 0 Å². The lowest BCUT2D eigenvalue weighted by Gasteiger charge is -2.32. The maximum Gasteiger partial charge on any atom is 0.307 e. The molecule has 0 saturated heterocycles. The van der Waals surface area contributed by atoms with Crippen molar-refractivity contribution in [2.45, 2.75) is 38.7 Å². The Balaban J connectivity index is 2.46. The second-order valence-electron chi connectivity index (χ2n) is 4.59. The highest BCUT2D eigenvalue weighted by Crippen LogP contribution is 2.28. The first-order valence-corrected chi connectivity index (χ1v) is 6.08. The van der Waals surface area contributed by atoms with Gasteiger partial charge in [0, 0.05) is 19.0 Å². The number of amides is 1. The van der Waals surface area contributed by atoms with Gasteiger partial charge in [0.05, 0.1) is 19.6 Å². The third-order valence-corrected chi connectivity index (χ3v) is 3.06. The van der Waals surface area contributed by atoms with E-state index in [9.17, 15) is 14.7 Å². The molecular formula is C12H21NO4. The minimum atomic E-state index is -0.573. The van der Waals surface area contributed by atoms with Gasteiger partial charge in [-0.1, -0.05) is 6.42 Å². The normalized spacial score (nSPS) is 17.1. The number of aliphatic hydroxyl groups is 1. The maximum absolute atomic E-state index is 12.0. The molecule has 0 aromatic heterocycles. The van der Waals surface area contributed by atoms with Gasteiger partial charge in [-0.05, 0) is 19.8 Å². The van der Waals surface area contributed by atoms with E-state index in [0.29, 0.717) is 6.54 Å². The van der Waals surface area contributed by atoms with Gasteiger partial charge in [0.1, 0.15) is 0 Å². The second kappa shape index (κ2) is 6.59. The standard InChI is InChI=1S/C12H21NO4/c1-9(14)8-13(7-6-11(15)17-2)12(16)10-4-3-5-10/h9-10,14H,3-8H2,1-2H3. The molecule has 1 aliphatic rings. The average Bonchev–Trinajstić information content (AvgIpc) is 2.20. The van der Waals surface area contributed by atoms with Gasteiger partial charge >= 0.3 is 5.97 Å². The number of carbonyl (C=O) groups is 2. The second-order valence-corrected chi connectivity index (χ2v) is 4.59. The van der Waals surface area contributed by atoms with Gasteiger partial charge < -0.3 is 14.7 Å². The van der Waals surface area contributed by atoms with Gasteiger partial charge in [0.2, 0.25) is 5.91 Å². The molecule has 0 aliphatic heterocycles. The van der Waals surface area contributed by atoms with E-state index in [-0.39, 0.29) is 30.8 Å². The quantitative estimate of drug-likeness (QED) is 0.692. The summed E-state index contributed by atoms with van der Waals surface area (Å²) in [5.41, 5.74) is 0. The molecule has 98 valence electrons. The van der Waals surface area contributed by atoms with Crippen molar-refractivity contribution in [3.63, 3.8) is 0 Å². The smallest absolute Gasteiger partial charge is 0.307 e. The molecule has 1 rings (SSSR count). The summed E-state index contributed by atoms with van der Waals surface area (Å²) in [5.74, 6) is -0.186. The molecule has 1 unspecified atom stereocenters. The summed E-state index contributed by atoms with van der Waals surface area (Å²) in [6, 6.07) is 0. The lowest BCUT2D eigenvalue weighted by atomic mass is 9.84. The highest BCUT2D eigenvalue weighted by molar-refractivity contribution is 5.80. The van der Waals surface area contributed by atoms with E-state index in [1.54, 1.807) is 11.8 Å². The first kappa shape index (κ1) is 14.0. The van der Waals surface area contributed by atoms with Crippen LogP contribution in [0.1, 0.15) is 32.6 Å². The Hall–Kier alpha value is -1.10. The number of aliphatic hydroxyl groups excluding tert-OH is 1. The molecule has 1 atom stereocenters. The van der Waals surface area contributed by atoms with Crippen molar-refractivity contribution >= 4 is 11.9 Å². The molecule has 0 aromatic rings. The third kappa shape index (κ3) is 4.34. The maximum atomic E-state index is 12.0. The van der Waals surface area contributed by atoms with Crippen LogP contribution in [0.15, 0.2) is 0 Å². The summed E-state index contributed by atoms with van der Waals surface area (Å²) >= 11 is 0. The van der Waals surface area contributed by atoms with Crippen LogP contribution in [-0.4, -0.2) is 48.2 Å². The SMILES string of the molecule is COC(=O)CCN(CC(C)O)C(=O)C1CCC1. The van der Waals surface area contributed by atoms with Crippen LogP contribution in [0.25, 0.3) is 0 Å². The number of rotatable bonds is 6. The minimum absolute atomic E-state index is 0.0565. The Kier molecular flexibility index (Phi) is 5.41. The van der Waals surface area contributed by atoms with Crippen molar-refractivity contribution in [3.05, 3.63) is 0 Å². The molecule has 0 radical (unpaired) electrons. The lowest BCUT2D eigenvalue weighted by Crippen LogP contribution is -2.43. The topological polar surface area (TPSA) is 66.8 Å². The number of hydrogen-bond donors (Lipinski definition) is 1. The minimum Gasteiger partial charge on any atom is -0.469 e. The zero-order valence-electron chi connectivity index (χ0n) is 10.5. The molecule has 17 heavy (non-hydrogen) atoms. The molecule has 0 bridgehead atoms. The number of ether oxygens (including phenoxy) is 1. The van der Waals surface area contributed by atoms with Crippen LogP contribution in [0.4, 0.5) is 0 Å². The Morgan fingerprint density at radius 3 is 2.53 bits per heavy atom. The van der Waals surface area contributed by atoms with Crippen LogP contribution < -0.4 is 0 Å². The number of hydrogen-bond acceptors (Lipinski definition) is 4. The summed E-state index contributed by atoms with van der Waals surface area (Å²) in [6.45, 7) is 2.25. The van der Waals surface area contributed by atoms with E-state index in [0.717, 1.165) is 19.3 Å². The Morgan fingerprint density at radius 2 is 2.12 bits per heavy atom. The van der Waals surface area contributed by atoms with Gasteiger partial charge in [-0.3, -0.25) is 9.59 Å². The van der Waals surface area contributed by atoms with E-state index in [2.05, 4.69) is 4.74 Å². The molecule has 1 saturated carbocycles. The molecule has 0 spiro atoms. The first-order valence-electron chi connectivity index (χ1n) is 6.08. The number of methoxy groups -OCH3 is 1. The van der Waals surface area contributed by atoms with Crippen LogP contribution in [0.5, 0.6) is 0 Å². The molecule has 0 aromatic carbocycles. The zero-order valence-corrected chi connectivity index (χ0v) is 10.5. The van der Waals surface area contributed by atoms with Crippen molar-refractivity contribution in [1.82, 2.24) is 4.90 Å². The molecule has 1 fully saturated rings. The van der Waals surface area contributed by atoms with Gasteiger partial charge in [0.15, 0.2) is 0 Å². The van der Waals surface area contributed by atoms with Gasteiger partial charge in [-0.2, -0.15) is 0 Å². The number of carbonyl (C=O) groups excluding carboxylic acids is 2. The lowest BCUT2D eigenvalue weighted by molar-refractivity contribution is -0.144. The van der Waals surface area contributed by atoms with E-state index in [1.807, 2.05) is 0 Å². The van der Waals surface area contributed by atoms with E-state index in [1.165, 1.54) is 7.11 Å². The van der Waals surface area contributed by atoms with Gasteiger partial charge in [-0.25, -0.2) is 0 Å². The Labute approximate surface area is 102 Å². The van der Waals surface area contributed by atoms with Crippen LogP contribution in [-0.2, 0) is 14.3 Å². The molecular weight excluding hydrogens is 222 g/mol. The summed E-state index contributed by atoms with van der Waals surface area (Å²) < 4.78 is 4.55. The van der Waals surface area contributed by atoms with Crippen LogP contribution in [0.2, 0.25) is 0 Å². The first-order chi connectivity index (χ1) is 8.04. The molecule has 1 N–H and O–H groups in total. The Morgan fingerprint density at radius 1 is 1.47 bits per heavy atom. The zero-order chi connectivity index (χ0) is 12.8. The fourth-order valence-corrected chi connectivity index (χ4v) is 1.85. The van der Waals surface area contributed by atoms with E-state index in [4.69, 9.17) is 0 Å². The predicted molar refractivity (Wildman–Crippen MR) is 62.2 cm³/mol. The summed E-state index contributed by atoms with van der Waals surface area (Å²) in [4.78, 5) is 24.7. The highest BCUT2D eigenvalue weighted by atomic mass is 16.5. The summed E-state index contributed by atoms with van der Waals surface area (Å²) in [6.07, 6.45) is 2.55. The molecule has 1 amide bonds. The van der Waals surface area contributed by atoms with Gasteiger partial charge in [0.25, 0.3) is 0 Å². The van der Waals surface area contributed by atoms with Crippen molar-refractivity contribution in [2.75, 3.05) is 20.2 Å². The fourth-order valence-electron chi connectivity index (χ4n) is 1.85. The fraction of sp³-hybridized carbons (Fsp3) is 0.833. The molecule has 5 nitrogen and oxygen atoms in total. The Bertz CT molecular complexity index is 274. The molecule has 0 heterocycles.